The van der Waals surface area contributed by atoms with E-state index in [4.69, 9.17) is 5.11 Å². The Morgan fingerprint density at radius 1 is 1.57 bits per heavy atom. The second kappa shape index (κ2) is 4.73. The van der Waals surface area contributed by atoms with Crippen LogP contribution < -0.4 is 5.48 Å². The van der Waals surface area contributed by atoms with E-state index in [1.807, 2.05) is 10.9 Å². The number of aryl methyl sites for hydroxylation is 1. The van der Waals surface area contributed by atoms with Crippen LogP contribution in [0, 0.1) is 6.92 Å². The van der Waals surface area contributed by atoms with Crippen molar-refractivity contribution in [3.8, 4) is 0 Å². The number of amides is 1. The van der Waals surface area contributed by atoms with Crippen LogP contribution in [-0.2, 0) is 9.63 Å². The lowest BCUT2D eigenvalue weighted by molar-refractivity contribution is -0.144. The molecule has 0 fully saturated rings. The van der Waals surface area contributed by atoms with E-state index in [-0.39, 0.29) is 0 Å². The van der Waals surface area contributed by atoms with Crippen LogP contribution in [0.4, 0.5) is 0 Å². The van der Waals surface area contributed by atoms with Crippen molar-refractivity contribution in [2.75, 3.05) is 6.61 Å². The van der Waals surface area contributed by atoms with E-state index in [1.54, 1.807) is 12.3 Å². The van der Waals surface area contributed by atoms with Gasteiger partial charge in [-0.25, -0.2) is 10.3 Å². The van der Waals surface area contributed by atoms with E-state index >= 15 is 0 Å². The molecule has 0 bridgehead atoms. The molecule has 0 atom stereocenters. The summed E-state index contributed by atoms with van der Waals surface area (Å²) in [7, 11) is 0. The average molecular weight is 215 g/mol. The summed E-state index contributed by atoms with van der Waals surface area (Å²) in [4.78, 5) is 25.8. The first-order valence-corrected chi connectivity index (χ1v) is 4.72. The van der Waals surface area contributed by atoms with Gasteiger partial charge in [-0.3, -0.25) is 9.63 Å². The number of carboxylic acids is 1. The van der Waals surface area contributed by atoms with Gasteiger partial charge >= 0.3 is 5.97 Å². The predicted octanol–water partition coefficient (Wildman–Crippen LogP) is 0.803. The number of rotatable bonds is 4. The van der Waals surface area contributed by atoms with Crippen LogP contribution in [0.25, 0.3) is 0 Å². The van der Waals surface area contributed by atoms with Gasteiger partial charge in [-0.05, 0) is 17.9 Å². The maximum Gasteiger partial charge on any atom is 0.332 e. The van der Waals surface area contributed by atoms with Gasteiger partial charge < -0.3 is 5.11 Å². The van der Waals surface area contributed by atoms with Crippen LogP contribution >= 0.6 is 11.3 Å². The van der Waals surface area contributed by atoms with Crippen molar-refractivity contribution in [1.82, 2.24) is 5.48 Å². The Kier molecular flexibility index (Phi) is 3.61. The Labute approximate surface area is 84.3 Å². The second-order valence-corrected chi connectivity index (χ2v) is 3.33. The molecule has 6 heteroatoms. The normalized spacial score (nSPS) is 9.79. The van der Waals surface area contributed by atoms with Crippen LogP contribution in [0.15, 0.2) is 10.8 Å². The molecule has 14 heavy (non-hydrogen) atoms. The summed E-state index contributed by atoms with van der Waals surface area (Å²) in [6, 6.07) is 0. The van der Waals surface area contributed by atoms with E-state index in [0.717, 1.165) is 5.56 Å². The average Bonchev–Trinajstić information content (AvgIpc) is 2.50. The predicted molar refractivity (Wildman–Crippen MR) is 50.1 cm³/mol. The van der Waals surface area contributed by atoms with Crippen molar-refractivity contribution < 1.29 is 19.5 Å². The highest BCUT2D eigenvalue weighted by molar-refractivity contribution is 7.08. The highest BCUT2D eigenvalue weighted by atomic mass is 32.1. The van der Waals surface area contributed by atoms with Crippen molar-refractivity contribution in [2.24, 2.45) is 0 Å². The lowest BCUT2D eigenvalue weighted by Crippen LogP contribution is -2.26. The molecule has 76 valence electrons. The Balaban J connectivity index is 2.44. The molecule has 2 N–H and O–H groups in total. The van der Waals surface area contributed by atoms with Crippen molar-refractivity contribution in [3.63, 3.8) is 0 Å². The van der Waals surface area contributed by atoms with Gasteiger partial charge in [0.1, 0.15) is 0 Å². The van der Waals surface area contributed by atoms with Gasteiger partial charge in [0.15, 0.2) is 6.61 Å². The van der Waals surface area contributed by atoms with Gasteiger partial charge in [-0.15, -0.1) is 0 Å². The molecule has 1 heterocycles. The highest BCUT2D eigenvalue weighted by Gasteiger charge is 2.09. The number of hydroxylamine groups is 1. The zero-order chi connectivity index (χ0) is 10.6. The number of aliphatic carboxylic acids is 1. The van der Waals surface area contributed by atoms with Gasteiger partial charge in [0.25, 0.3) is 5.91 Å². The lowest BCUT2D eigenvalue weighted by Gasteiger charge is -2.02. The molecule has 0 aliphatic carbocycles. The second-order valence-electron chi connectivity index (χ2n) is 2.58. The van der Waals surface area contributed by atoms with Crippen LogP contribution in [0.5, 0.6) is 0 Å². The SMILES string of the molecule is Cc1cscc1C(=O)NOCC(=O)O. The molecule has 0 radical (unpaired) electrons. The van der Waals surface area contributed by atoms with E-state index in [2.05, 4.69) is 4.84 Å². The summed E-state index contributed by atoms with van der Waals surface area (Å²) in [5.74, 6) is -1.56. The standard InChI is InChI=1S/C8H9NO4S/c1-5-3-14-4-6(5)8(12)9-13-2-7(10)11/h3-4H,2H2,1H3,(H,9,12)(H,10,11). The van der Waals surface area contributed by atoms with Crippen molar-refractivity contribution in [3.05, 3.63) is 21.9 Å². The number of hydrogen-bond donors (Lipinski definition) is 2. The molecule has 0 unspecified atom stereocenters. The fourth-order valence-electron chi connectivity index (χ4n) is 0.811. The smallest absolute Gasteiger partial charge is 0.332 e. The summed E-state index contributed by atoms with van der Waals surface area (Å²) < 4.78 is 0. The Hall–Kier alpha value is -1.40. The summed E-state index contributed by atoms with van der Waals surface area (Å²) in [6.07, 6.45) is 0. The number of carboxylic acid groups (broad SMARTS) is 1. The van der Waals surface area contributed by atoms with Crippen LogP contribution in [0.3, 0.4) is 0 Å². The quantitative estimate of drug-likeness (QED) is 0.728. The van der Waals surface area contributed by atoms with E-state index in [0.29, 0.717) is 5.56 Å². The van der Waals surface area contributed by atoms with E-state index in [9.17, 15) is 9.59 Å². The number of nitrogens with one attached hydrogen (secondary N) is 1. The Morgan fingerprint density at radius 3 is 2.79 bits per heavy atom. The number of carbonyl (C=O) groups excluding carboxylic acids is 1. The monoisotopic (exact) mass is 215 g/mol. The summed E-state index contributed by atoms with van der Waals surface area (Å²) in [5.41, 5.74) is 3.38. The largest absolute Gasteiger partial charge is 0.479 e. The molecule has 0 saturated carbocycles. The molecule has 0 saturated heterocycles. The zero-order valence-corrected chi connectivity index (χ0v) is 8.26. The number of hydrogen-bond acceptors (Lipinski definition) is 4. The Morgan fingerprint density at radius 2 is 2.29 bits per heavy atom. The van der Waals surface area contributed by atoms with Crippen LogP contribution in [0.1, 0.15) is 15.9 Å². The van der Waals surface area contributed by atoms with Gasteiger partial charge in [0, 0.05) is 5.38 Å². The fourth-order valence-corrected chi connectivity index (χ4v) is 1.64. The maximum atomic E-state index is 11.3. The molecular formula is C8H9NO4S. The Bertz CT molecular complexity index is 347. The molecule has 1 amide bonds. The lowest BCUT2D eigenvalue weighted by atomic mass is 10.2. The number of thiophene rings is 1. The minimum atomic E-state index is -1.13. The molecule has 0 aliphatic heterocycles. The highest BCUT2D eigenvalue weighted by Crippen LogP contribution is 2.12. The fraction of sp³-hybridized carbons (Fsp3) is 0.250. The summed E-state index contributed by atoms with van der Waals surface area (Å²) in [5, 5.41) is 11.7. The molecule has 1 aromatic heterocycles. The molecule has 0 spiro atoms. The topological polar surface area (TPSA) is 75.6 Å². The number of carbonyl (C=O) groups is 2. The third kappa shape index (κ3) is 2.82. The minimum Gasteiger partial charge on any atom is -0.479 e. The van der Waals surface area contributed by atoms with Crippen molar-refractivity contribution >= 4 is 23.2 Å². The molecule has 5 nitrogen and oxygen atoms in total. The maximum absolute atomic E-state index is 11.3. The van der Waals surface area contributed by atoms with Gasteiger partial charge in [0.05, 0.1) is 5.56 Å². The van der Waals surface area contributed by atoms with Gasteiger partial charge in [0.2, 0.25) is 0 Å². The first-order valence-electron chi connectivity index (χ1n) is 3.78. The first-order chi connectivity index (χ1) is 6.61. The molecule has 1 aromatic rings. The molecule has 0 aromatic carbocycles. The van der Waals surface area contributed by atoms with Gasteiger partial charge in [-0.1, -0.05) is 0 Å². The molecule has 1 rings (SSSR count). The van der Waals surface area contributed by atoms with Crippen LogP contribution in [-0.4, -0.2) is 23.6 Å². The van der Waals surface area contributed by atoms with E-state index < -0.39 is 18.5 Å². The van der Waals surface area contributed by atoms with Crippen molar-refractivity contribution in [2.45, 2.75) is 6.92 Å². The third-order valence-electron chi connectivity index (χ3n) is 1.46. The van der Waals surface area contributed by atoms with Gasteiger partial charge in [-0.2, -0.15) is 11.3 Å². The van der Waals surface area contributed by atoms with E-state index in [1.165, 1.54) is 11.3 Å². The zero-order valence-electron chi connectivity index (χ0n) is 7.44. The molecular weight excluding hydrogens is 206 g/mol. The van der Waals surface area contributed by atoms with Crippen molar-refractivity contribution in [1.29, 1.82) is 0 Å². The summed E-state index contributed by atoms with van der Waals surface area (Å²) in [6.45, 7) is 1.25. The molecule has 0 aliphatic rings. The minimum absolute atomic E-state index is 0.426. The third-order valence-corrected chi connectivity index (χ3v) is 2.32. The van der Waals surface area contributed by atoms with Crippen LogP contribution in [0.2, 0.25) is 0 Å². The summed E-state index contributed by atoms with van der Waals surface area (Å²) >= 11 is 1.40. The first kappa shape index (κ1) is 10.7.